The molecule has 2 rings (SSSR count). The fourth-order valence-electron chi connectivity index (χ4n) is 2.19. The van der Waals surface area contributed by atoms with Gasteiger partial charge in [-0.2, -0.15) is 0 Å². The Morgan fingerprint density at radius 1 is 1.44 bits per heavy atom. The second-order valence-corrected chi connectivity index (χ2v) is 5.11. The Hall–Kier alpha value is -1.13. The number of methoxy groups -OCH3 is 1. The van der Waals surface area contributed by atoms with Gasteiger partial charge in [-0.1, -0.05) is 22.0 Å². The van der Waals surface area contributed by atoms with Crippen molar-refractivity contribution >= 4 is 27.5 Å². The molecular formula is C14H15BrO3. The molecule has 1 aliphatic rings. The third-order valence-corrected chi connectivity index (χ3v) is 3.45. The third kappa shape index (κ3) is 2.65. The van der Waals surface area contributed by atoms with Crippen LogP contribution in [0.5, 0.6) is 0 Å². The number of ether oxygens (including phenoxy) is 2. The van der Waals surface area contributed by atoms with Crippen molar-refractivity contribution in [1.29, 1.82) is 0 Å². The molecule has 0 radical (unpaired) electrons. The maximum absolute atomic E-state index is 11.9. The molecule has 1 aliphatic heterocycles. The van der Waals surface area contributed by atoms with Crippen molar-refractivity contribution in [2.75, 3.05) is 20.3 Å². The lowest BCUT2D eigenvalue weighted by Gasteiger charge is -2.18. The van der Waals surface area contributed by atoms with E-state index >= 15 is 0 Å². The number of halogens is 1. The molecule has 0 aromatic heterocycles. The van der Waals surface area contributed by atoms with Gasteiger partial charge in [-0.05, 0) is 42.2 Å². The van der Waals surface area contributed by atoms with Crippen LogP contribution in [0.25, 0.3) is 5.57 Å². The average molecular weight is 311 g/mol. The van der Waals surface area contributed by atoms with Gasteiger partial charge in [-0.15, -0.1) is 0 Å². The molecule has 1 aromatic rings. The van der Waals surface area contributed by atoms with Gasteiger partial charge < -0.3 is 9.47 Å². The molecule has 0 spiro atoms. The summed E-state index contributed by atoms with van der Waals surface area (Å²) in [5, 5.41) is 0. The fourth-order valence-corrected chi connectivity index (χ4v) is 2.77. The zero-order chi connectivity index (χ0) is 13.1. The lowest BCUT2D eigenvalue weighted by atomic mass is 9.92. The highest BCUT2D eigenvalue weighted by Crippen LogP contribution is 2.31. The number of esters is 1. The van der Waals surface area contributed by atoms with E-state index in [1.54, 1.807) is 0 Å². The Balaban J connectivity index is 2.56. The first-order chi connectivity index (χ1) is 8.63. The number of hydrogen-bond acceptors (Lipinski definition) is 3. The molecule has 4 heteroatoms. The molecule has 0 unspecified atom stereocenters. The van der Waals surface area contributed by atoms with Crippen LogP contribution in [0.1, 0.15) is 27.9 Å². The number of carbonyl (C=O) groups excluding carboxylic acids is 1. The molecule has 0 atom stereocenters. The fraction of sp³-hybridized carbons (Fsp3) is 0.357. The van der Waals surface area contributed by atoms with Crippen molar-refractivity contribution in [2.24, 2.45) is 0 Å². The number of aryl methyl sites for hydroxylation is 1. The van der Waals surface area contributed by atoms with Crippen molar-refractivity contribution in [1.82, 2.24) is 0 Å². The van der Waals surface area contributed by atoms with Crippen LogP contribution in [0.3, 0.4) is 0 Å². The first-order valence-electron chi connectivity index (χ1n) is 5.79. The molecule has 0 fully saturated rings. The van der Waals surface area contributed by atoms with Crippen molar-refractivity contribution < 1.29 is 14.3 Å². The summed E-state index contributed by atoms with van der Waals surface area (Å²) in [7, 11) is 1.40. The van der Waals surface area contributed by atoms with Crippen molar-refractivity contribution in [3.05, 3.63) is 39.4 Å². The zero-order valence-corrected chi connectivity index (χ0v) is 12.0. The Bertz CT molecular complexity index is 506. The van der Waals surface area contributed by atoms with Crippen molar-refractivity contribution in [3.63, 3.8) is 0 Å². The highest BCUT2D eigenvalue weighted by Gasteiger charge is 2.19. The topological polar surface area (TPSA) is 35.5 Å². The maximum atomic E-state index is 11.9. The van der Waals surface area contributed by atoms with E-state index in [0.29, 0.717) is 18.8 Å². The van der Waals surface area contributed by atoms with Gasteiger partial charge in [0, 0.05) is 4.47 Å². The van der Waals surface area contributed by atoms with E-state index in [4.69, 9.17) is 9.47 Å². The van der Waals surface area contributed by atoms with E-state index in [0.717, 1.165) is 27.6 Å². The van der Waals surface area contributed by atoms with Crippen LogP contribution >= 0.6 is 15.9 Å². The van der Waals surface area contributed by atoms with Crippen LogP contribution in [0, 0.1) is 6.92 Å². The van der Waals surface area contributed by atoms with Crippen LogP contribution in [0.4, 0.5) is 0 Å². The van der Waals surface area contributed by atoms with Gasteiger partial charge in [-0.25, -0.2) is 4.79 Å². The number of carbonyl (C=O) groups is 1. The lowest BCUT2D eigenvalue weighted by Crippen LogP contribution is -2.11. The van der Waals surface area contributed by atoms with Gasteiger partial charge >= 0.3 is 5.97 Å². The lowest BCUT2D eigenvalue weighted by molar-refractivity contribution is 0.0600. The molecule has 0 saturated carbocycles. The first kappa shape index (κ1) is 13.3. The first-order valence-corrected chi connectivity index (χ1v) is 6.58. The van der Waals surface area contributed by atoms with E-state index < -0.39 is 0 Å². The molecular weight excluding hydrogens is 296 g/mol. The molecule has 0 aliphatic carbocycles. The molecule has 96 valence electrons. The van der Waals surface area contributed by atoms with E-state index in [2.05, 4.69) is 15.9 Å². The number of rotatable bonds is 2. The molecule has 18 heavy (non-hydrogen) atoms. The Kier molecular flexibility index (Phi) is 4.19. The zero-order valence-electron chi connectivity index (χ0n) is 10.5. The minimum Gasteiger partial charge on any atom is -0.465 e. The molecule has 0 bridgehead atoms. The molecule has 0 saturated heterocycles. The normalized spacial score (nSPS) is 15.2. The van der Waals surface area contributed by atoms with Crippen LogP contribution in [0.2, 0.25) is 0 Å². The smallest absolute Gasteiger partial charge is 0.338 e. The summed E-state index contributed by atoms with van der Waals surface area (Å²) in [5.41, 5.74) is 3.82. The minimum absolute atomic E-state index is 0.304. The van der Waals surface area contributed by atoms with Crippen LogP contribution in [-0.2, 0) is 9.47 Å². The van der Waals surface area contributed by atoms with Crippen LogP contribution < -0.4 is 0 Å². The van der Waals surface area contributed by atoms with Gasteiger partial charge in [0.2, 0.25) is 0 Å². The van der Waals surface area contributed by atoms with Crippen molar-refractivity contribution in [2.45, 2.75) is 13.3 Å². The second kappa shape index (κ2) is 5.67. The second-order valence-electron chi connectivity index (χ2n) is 4.19. The van der Waals surface area contributed by atoms with Crippen LogP contribution in [0.15, 0.2) is 22.7 Å². The minimum atomic E-state index is -0.304. The third-order valence-electron chi connectivity index (χ3n) is 2.99. The number of hydrogen-bond donors (Lipinski definition) is 0. The summed E-state index contributed by atoms with van der Waals surface area (Å²) in [6.07, 6.45) is 2.86. The van der Waals surface area contributed by atoms with E-state index in [1.807, 2.05) is 25.1 Å². The largest absolute Gasteiger partial charge is 0.465 e. The highest BCUT2D eigenvalue weighted by atomic mass is 79.9. The predicted octanol–water partition coefficient (Wildman–Crippen LogP) is 3.35. The summed E-state index contributed by atoms with van der Waals surface area (Å²) >= 11 is 3.42. The van der Waals surface area contributed by atoms with Gasteiger partial charge in [-0.3, -0.25) is 0 Å². The van der Waals surface area contributed by atoms with Gasteiger partial charge in [0.15, 0.2) is 0 Å². The Morgan fingerprint density at radius 2 is 2.22 bits per heavy atom. The molecule has 3 nitrogen and oxygen atoms in total. The van der Waals surface area contributed by atoms with Crippen molar-refractivity contribution in [3.8, 4) is 0 Å². The highest BCUT2D eigenvalue weighted by molar-refractivity contribution is 9.10. The maximum Gasteiger partial charge on any atom is 0.338 e. The Morgan fingerprint density at radius 3 is 2.83 bits per heavy atom. The summed E-state index contributed by atoms with van der Waals surface area (Å²) in [6, 6.07) is 3.82. The molecule has 1 heterocycles. The number of benzene rings is 1. The van der Waals surface area contributed by atoms with E-state index in [-0.39, 0.29) is 5.97 Å². The Labute approximate surface area is 115 Å². The summed E-state index contributed by atoms with van der Waals surface area (Å²) in [6.45, 7) is 3.30. The summed E-state index contributed by atoms with van der Waals surface area (Å²) in [5.74, 6) is -0.304. The van der Waals surface area contributed by atoms with Gasteiger partial charge in [0.25, 0.3) is 0 Å². The molecule has 1 aromatic carbocycles. The van der Waals surface area contributed by atoms with Gasteiger partial charge in [0.1, 0.15) is 0 Å². The average Bonchev–Trinajstić information content (AvgIpc) is 2.38. The molecule has 0 N–H and O–H groups in total. The van der Waals surface area contributed by atoms with E-state index in [9.17, 15) is 4.79 Å². The monoisotopic (exact) mass is 310 g/mol. The molecule has 0 amide bonds. The SMILES string of the molecule is COC(=O)c1cc(Br)cc(C)c1C1=CCOCC1. The van der Waals surface area contributed by atoms with Crippen LogP contribution in [-0.4, -0.2) is 26.3 Å². The quantitative estimate of drug-likeness (QED) is 0.786. The summed E-state index contributed by atoms with van der Waals surface area (Å²) in [4.78, 5) is 11.9. The predicted molar refractivity (Wildman–Crippen MR) is 73.6 cm³/mol. The van der Waals surface area contributed by atoms with E-state index in [1.165, 1.54) is 7.11 Å². The summed E-state index contributed by atoms with van der Waals surface area (Å²) < 4.78 is 11.1. The van der Waals surface area contributed by atoms with Gasteiger partial charge in [0.05, 0.1) is 25.9 Å². The standard InChI is InChI=1S/C14H15BrO3/c1-9-7-11(15)8-12(14(16)17-2)13(9)10-3-5-18-6-4-10/h3,7-8H,4-6H2,1-2H3.